The van der Waals surface area contributed by atoms with Crippen LogP contribution in [0.1, 0.15) is 6.42 Å². The smallest absolute Gasteiger partial charge is 0.322 e. The minimum absolute atomic E-state index is 0.396. The van der Waals surface area contributed by atoms with E-state index >= 15 is 0 Å². The highest BCUT2D eigenvalue weighted by Crippen LogP contribution is 2.14. The van der Waals surface area contributed by atoms with Crippen molar-refractivity contribution in [2.24, 2.45) is 0 Å². The van der Waals surface area contributed by atoms with E-state index in [2.05, 4.69) is 0 Å². The third-order valence-electron chi connectivity index (χ3n) is 2.06. The fourth-order valence-corrected chi connectivity index (χ4v) is 2.47. The molecule has 0 heterocycles. The zero-order valence-electron chi connectivity index (χ0n) is 9.43. The Morgan fingerprint density at radius 2 is 1.89 bits per heavy atom. The highest BCUT2D eigenvalue weighted by Gasteiger charge is 2.25. The zero-order valence-corrected chi connectivity index (χ0v) is 10.2. The number of hydrogen-bond acceptors (Lipinski definition) is 3. The summed E-state index contributed by atoms with van der Waals surface area (Å²) < 4.78 is 51.1. The Kier molecular flexibility index (Phi) is 4.58. The highest BCUT2D eigenvalue weighted by atomic mass is 32.2. The molecule has 1 aromatic carbocycles. The molecule has 0 aliphatic heterocycles. The lowest BCUT2D eigenvalue weighted by atomic mass is 10.2. The predicted molar refractivity (Wildman–Crippen MR) is 61.6 cm³/mol. The standard InChI is InChI=1S/C11H9F2NO4S/c1-2-3-10(11(15)16)14-19(17,18)9-5-7(12)4-8(13)6-9/h1,4-6,10,14H,3H2,(H,15,16). The van der Waals surface area contributed by atoms with Crippen LogP contribution in [0.5, 0.6) is 0 Å². The van der Waals surface area contributed by atoms with E-state index in [-0.39, 0.29) is 0 Å². The maximum atomic E-state index is 12.9. The van der Waals surface area contributed by atoms with Crippen molar-refractivity contribution in [1.29, 1.82) is 0 Å². The van der Waals surface area contributed by atoms with Crippen molar-refractivity contribution < 1.29 is 27.1 Å². The van der Waals surface area contributed by atoms with Crippen LogP contribution < -0.4 is 4.72 Å². The van der Waals surface area contributed by atoms with Gasteiger partial charge in [0.1, 0.15) is 17.7 Å². The summed E-state index contributed by atoms with van der Waals surface area (Å²) >= 11 is 0. The number of carbonyl (C=O) groups is 1. The van der Waals surface area contributed by atoms with Gasteiger partial charge in [-0.25, -0.2) is 17.2 Å². The van der Waals surface area contributed by atoms with Crippen LogP contribution in [0.3, 0.4) is 0 Å². The van der Waals surface area contributed by atoms with Crippen molar-refractivity contribution >= 4 is 16.0 Å². The summed E-state index contributed by atoms with van der Waals surface area (Å²) in [6, 6.07) is 0.0662. The first-order chi connectivity index (χ1) is 8.76. The second-order valence-electron chi connectivity index (χ2n) is 3.53. The van der Waals surface area contributed by atoms with Gasteiger partial charge in [-0.1, -0.05) is 0 Å². The molecule has 0 bridgehead atoms. The van der Waals surface area contributed by atoms with Crippen LogP contribution in [0.2, 0.25) is 0 Å². The molecule has 2 N–H and O–H groups in total. The fourth-order valence-electron chi connectivity index (χ4n) is 1.24. The number of terminal acetylenes is 1. The Hall–Kier alpha value is -1.98. The second-order valence-corrected chi connectivity index (χ2v) is 5.24. The van der Waals surface area contributed by atoms with Crippen LogP contribution in [0.4, 0.5) is 8.78 Å². The van der Waals surface area contributed by atoms with Crippen LogP contribution in [-0.2, 0) is 14.8 Å². The first-order valence-electron chi connectivity index (χ1n) is 4.91. The molecule has 0 saturated heterocycles. The Morgan fingerprint density at radius 1 is 1.37 bits per heavy atom. The van der Waals surface area contributed by atoms with Crippen LogP contribution in [0.25, 0.3) is 0 Å². The normalized spacial score (nSPS) is 12.7. The summed E-state index contributed by atoms with van der Waals surface area (Å²) in [5, 5.41) is 8.75. The summed E-state index contributed by atoms with van der Waals surface area (Å²) in [6.07, 6.45) is 4.51. The number of hydrogen-bond donors (Lipinski definition) is 2. The molecule has 0 radical (unpaired) electrons. The molecule has 19 heavy (non-hydrogen) atoms. The Balaban J connectivity index is 3.10. The summed E-state index contributed by atoms with van der Waals surface area (Å²) in [5.41, 5.74) is 0. The van der Waals surface area contributed by atoms with E-state index in [1.165, 1.54) is 0 Å². The quantitative estimate of drug-likeness (QED) is 0.782. The number of rotatable bonds is 5. The van der Waals surface area contributed by atoms with Gasteiger partial charge in [-0.2, -0.15) is 4.72 Å². The molecule has 1 atom stereocenters. The largest absolute Gasteiger partial charge is 0.480 e. The highest BCUT2D eigenvalue weighted by molar-refractivity contribution is 7.89. The number of halogens is 2. The van der Waals surface area contributed by atoms with E-state index in [1.807, 2.05) is 5.92 Å². The van der Waals surface area contributed by atoms with Gasteiger partial charge in [0.25, 0.3) is 0 Å². The van der Waals surface area contributed by atoms with Gasteiger partial charge in [0.05, 0.1) is 4.90 Å². The van der Waals surface area contributed by atoms with Gasteiger partial charge in [-0.15, -0.1) is 12.3 Å². The summed E-state index contributed by atoms with van der Waals surface area (Å²) in [7, 11) is -4.38. The monoisotopic (exact) mass is 289 g/mol. The minimum Gasteiger partial charge on any atom is -0.480 e. The van der Waals surface area contributed by atoms with Gasteiger partial charge < -0.3 is 5.11 Å². The van der Waals surface area contributed by atoms with Gasteiger partial charge in [0, 0.05) is 12.5 Å². The van der Waals surface area contributed by atoms with Crippen molar-refractivity contribution in [3.8, 4) is 12.3 Å². The predicted octanol–water partition coefficient (Wildman–Crippen LogP) is 0.720. The van der Waals surface area contributed by atoms with Gasteiger partial charge in [0.15, 0.2) is 0 Å². The topological polar surface area (TPSA) is 83.5 Å². The second kappa shape index (κ2) is 5.77. The lowest BCUT2D eigenvalue weighted by molar-refractivity contribution is -0.138. The molecule has 1 aromatic rings. The SMILES string of the molecule is C#CCC(NS(=O)(=O)c1cc(F)cc(F)c1)C(=O)O. The average Bonchev–Trinajstić information content (AvgIpc) is 2.26. The van der Waals surface area contributed by atoms with E-state index < -0.39 is 45.0 Å². The first kappa shape index (κ1) is 15.1. The molecule has 0 aromatic heterocycles. The summed E-state index contributed by atoms with van der Waals surface area (Å²) in [6.45, 7) is 0. The third kappa shape index (κ3) is 4.01. The number of benzene rings is 1. The summed E-state index contributed by atoms with van der Waals surface area (Å²) in [4.78, 5) is 10.0. The molecule has 0 aliphatic carbocycles. The molecule has 0 saturated carbocycles. The Bertz CT molecular complexity index is 616. The van der Waals surface area contributed by atoms with Gasteiger partial charge >= 0.3 is 5.97 Å². The molecule has 1 unspecified atom stereocenters. The fraction of sp³-hybridized carbons (Fsp3) is 0.182. The number of aliphatic carboxylic acids is 1. The third-order valence-corrected chi connectivity index (χ3v) is 3.51. The Morgan fingerprint density at radius 3 is 2.32 bits per heavy atom. The van der Waals surface area contributed by atoms with Crippen molar-refractivity contribution in [3.05, 3.63) is 29.8 Å². The minimum atomic E-state index is -4.38. The van der Waals surface area contributed by atoms with Crippen LogP contribution in [-0.4, -0.2) is 25.5 Å². The van der Waals surface area contributed by atoms with E-state index in [1.54, 1.807) is 4.72 Å². The van der Waals surface area contributed by atoms with E-state index in [0.29, 0.717) is 18.2 Å². The first-order valence-corrected chi connectivity index (χ1v) is 6.39. The van der Waals surface area contributed by atoms with Gasteiger partial charge in [-0.05, 0) is 12.1 Å². The molecule has 5 nitrogen and oxygen atoms in total. The summed E-state index contributed by atoms with van der Waals surface area (Å²) in [5.74, 6) is -1.68. The number of nitrogens with one attached hydrogen (secondary N) is 1. The maximum absolute atomic E-state index is 12.9. The maximum Gasteiger partial charge on any atom is 0.322 e. The molecule has 1 rings (SSSR count). The zero-order chi connectivity index (χ0) is 14.6. The molecule has 0 aliphatic rings. The molecule has 0 fully saturated rings. The lowest BCUT2D eigenvalue weighted by Gasteiger charge is -2.12. The Labute approximate surface area is 108 Å². The average molecular weight is 289 g/mol. The van der Waals surface area contributed by atoms with Crippen LogP contribution >= 0.6 is 0 Å². The molecule has 0 amide bonds. The van der Waals surface area contributed by atoms with Crippen molar-refractivity contribution in [2.75, 3.05) is 0 Å². The van der Waals surface area contributed by atoms with E-state index in [9.17, 15) is 22.0 Å². The lowest BCUT2D eigenvalue weighted by Crippen LogP contribution is -2.40. The van der Waals surface area contributed by atoms with E-state index in [0.717, 1.165) is 0 Å². The number of carboxylic acid groups (broad SMARTS) is 1. The molecule has 8 heteroatoms. The number of sulfonamides is 1. The van der Waals surface area contributed by atoms with Crippen LogP contribution in [0, 0.1) is 24.0 Å². The molecular weight excluding hydrogens is 280 g/mol. The van der Waals surface area contributed by atoms with Gasteiger partial charge in [-0.3, -0.25) is 4.79 Å². The molecular formula is C11H9F2NO4S. The molecule has 0 spiro atoms. The van der Waals surface area contributed by atoms with Crippen molar-refractivity contribution in [1.82, 2.24) is 4.72 Å². The van der Waals surface area contributed by atoms with E-state index in [4.69, 9.17) is 11.5 Å². The van der Waals surface area contributed by atoms with Crippen LogP contribution in [0.15, 0.2) is 23.1 Å². The van der Waals surface area contributed by atoms with Crippen molar-refractivity contribution in [2.45, 2.75) is 17.4 Å². The van der Waals surface area contributed by atoms with Crippen molar-refractivity contribution in [3.63, 3.8) is 0 Å². The van der Waals surface area contributed by atoms with Gasteiger partial charge in [0.2, 0.25) is 10.0 Å². The molecule has 102 valence electrons. The number of carboxylic acids is 1.